The Kier molecular flexibility index (Phi) is 5.38. The van der Waals surface area contributed by atoms with Crippen molar-refractivity contribution in [1.29, 1.82) is 0 Å². The van der Waals surface area contributed by atoms with Gasteiger partial charge in [-0.05, 0) is 30.2 Å². The number of nitrogens with one attached hydrogen (secondary N) is 1. The Morgan fingerprint density at radius 2 is 1.84 bits per heavy atom. The number of guanidine groups is 1. The van der Waals surface area contributed by atoms with Gasteiger partial charge in [-0.3, -0.25) is 9.79 Å². The molecule has 1 aliphatic rings. The van der Waals surface area contributed by atoms with E-state index < -0.39 is 0 Å². The summed E-state index contributed by atoms with van der Waals surface area (Å²) in [5, 5.41) is 3.42. The van der Waals surface area contributed by atoms with Crippen molar-refractivity contribution in [3.05, 3.63) is 59.5 Å². The highest BCUT2D eigenvalue weighted by Crippen LogP contribution is 2.10. The summed E-state index contributed by atoms with van der Waals surface area (Å²) in [7, 11) is 1.79. The molecular formula is C19H24N4O2. The molecule has 0 unspecified atom stereocenters. The molecule has 1 fully saturated rings. The maximum atomic E-state index is 12.3. The first-order chi connectivity index (χ1) is 12.2. The van der Waals surface area contributed by atoms with Crippen molar-refractivity contribution in [1.82, 2.24) is 15.1 Å². The average molecular weight is 340 g/mol. The zero-order valence-corrected chi connectivity index (χ0v) is 14.7. The minimum Gasteiger partial charge on any atom is -0.459 e. The Hall–Kier alpha value is -2.76. The Labute approximate surface area is 148 Å². The van der Waals surface area contributed by atoms with Crippen LogP contribution in [0.1, 0.15) is 21.7 Å². The lowest BCUT2D eigenvalue weighted by Gasteiger charge is -2.36. The monoisotopic (exact) mass is 340 g/mol. The van der Waals surface area contributed by atoms with Crippen LogP contribution in [0.5, 0.6) is 0 Å². The van der Waals surface area contributed by atoms with Gasteiger partial charge in [0, 0.05) is 39.8 Å². The van der Waals surface area contributed by atoms with Crippen LogP contribution in [-0.4, -0.2) is 54.9 Å². The van der Waals surface area contributed by atoms with Crippen LogP contribution in [0.25, 0.3) is 0 Å². The standard InChI is InChI=1S/C19H24N4O2/c1-15-6-3-4-7-16(15)14-21-19(20-2)23-11-9-22(10-12-23)18(24)17-8-5-13-25-17/h3-8,13H,9-12,14H2,1-2H3,(H,20,21). The lowest BCUT2D eigenvalue weighted by atomic mass is 10.1. The maximum absolute atomic E-state index is 12.3. The predicted octanol–water partition coefficient (Wildman–Crippen LogP) is 2.12. The van der Waals surface area contributed by atoms with E-state index in [9.17, 15) is 4.79 Å². The van der Waals surface area contributed by atoms with Gasteiger partial charge in [-0.2, -0.15) is 0 Å². The molecule has 6 nitrogen and oxygen atoms in total. The van der Waals surface area contributed by atoms with E-state index in [2.05, 4.69) is 34.3 Å². The molecule has 6 heteroatoms. The maximum Gasteiger partial charge on any atom is 0.289 e. The van der Waals surface area contributed by atoms with E-state index in [1.54, 1.807) is 19.2 Å². The first kappa shape index (κ1) is 17.1. The van der Waals surface area contributed by atoms with Crippen molar-refractivity contribution in [2.24, 2.45) is 4.99 Å². The van der Waals surface area contributed by atoms with Crippen LogP contribution in [0.2, 0.25) is 0 Å². The van der Waals surface area contributed by atoms with Crippen molar-refractivity contribution >= 4 is 11.9 Å². The summed E-state index contributed by atoms with van der Waals surface area (Å²) < 4.78 is 5.20. The molecule has 1 saturated heterocycles. The Morgan fingerprint density at radius 1 is 1.12 bits per heavy atom. The van der Waals surface area contributed by atoms with Gasteiger partial charge in [0.2, 0.25) is 0 Å². The second kappa shape index (κ2) is 7.88. The quantitative estimate of drug-likeness (QED) is 0.687. The minimum atomic E-state index is -0.0486. The number of hydrogen-bond acceptors (Lipinski definition) is 3. The second-order valence-corrected chi connectivity index (χ2v) is 6.08. The molecule has 1 amide bonds. The van der Waals surface area contributed by atoms with Gasteiger partial charge in [-0.15, -0.1) is 0 Å². The number of aliphatic imine (C=N–C) groups is 1. The van der Waals surface area contributed by atoms with Crippen molar-refractivity contribution in [3.8, 4) is 0 Å². The molecule has 2 aromatic rings. The molecule has 0 aliphatic carbocycles. The normalized spacial score (nSPS) is 15.4. The third kappa shape index (κ3) is 4.02. The Bertz CT molecular complexity index is 732. The molecule has 0 atom stereocenters. The third-order valence-corrected chi connectivity index (χ3v) is 4.51. The van der Waals surface area contributed by atoms with Gasteiger partial charge in [-0.25, -0.2) is 0 Å². The van der Waals surface area contributed by atoms with Crippen molar-refractivity contribution in [3.63, 3.8) is 0 Å². The summed E-state index contributed by atoms with van der Waals surface area (Å²) in [5.41, 5.74) is 2.52. The van der Waals surface area contributed by atoms with Crippen molar-refractivity contribution < 1.29 is 9.21 Å². The second-order valence-electron chi connectivity index (χ2n) is 6.08. The van der Waals surface area contributed by atoms with Gasteiger partial charge in [0.15, 0.2) is 11.7 Å². The number of rotatable bonds is 3. The molecule has 132 valence electrons. The van der Waals surface area contributed by atoms with Crippen molar-refractivity contribution in [2.75, 3.05) is 33.2 Å². The molecule has 0 spiro atoms. The van der Waals surface area contributed by atoms with Gasteiger partial charge >= 0.3 is 0 Å². The van der Waals surface area contributed by atoms with E-state index in [4.69, 9.17) is 4.42 Å². The van der Waals surface area contributed by atoms with Crippen LogP contribution in [0.4, 0.5) is 0 Å². The number of furan rings is 1. The van der Waals surface area contributed by atoms with Crippen LogP contribution in [-0.2, 0) is 6.54 Å². The highest BCUT2D eigenvalue weighted by Gasteiger charge is 2.25. The van der Waals surface area contributed by atoms with Crippen LogP contribution in [0.3, 0.4) is 0 Å². The highest BCUT2D eigenvalue weighted by atomic mass is 16.3. The highest BCUT2D eigenvalue weighted by molar-refractivity contribution is 5.91. The molecule has 25 heavy (non-hydrogen) atoms. The fourth-order valence-electron chi connectivity index (χ4n) is 2.99. The Balaban J connectivity index is 1.54. The molecule has 0 saturated carbocycles. The van der Waals surface area contributed by atoms with E-state index >= 15 is 0 Å². The molecule has 1 aliphatic heterocycles. The molecule has 1 N–H and O–H groups in total. The first-order valence-electron chi connectivity index (χ1n) is 8.52. The van der Waals surface area contributed by atoms with Crippen LogP contribution in [0.15, 0.2) is 52.1 Å². The fraction of sp³-hybridized carbons (Fsp3) is 0.368. The summed E-state index contributed by atoms with van der Waals surface area (Å²) in [6.07, 6.45) is 1.53. The van der Waals surface area contributed by atoms with E-state index in [1.165, 1.54) is 17.4 Å². The summed E-state index contributed by atoms with van der Waals surface area (Å²) >= 11 is 0. The largest absolute Gasteiger partial charge is 0.459 e. The van der Waals surface area contributed by atoms with Crippen molar-refractivity contribution in [2.45, 2.75) is 13.5 Å². The van der Waals surface area contributed by atoms with Crippen LogP contribution < -0.4 is 5.32 Å². The summed E-state index contributed by atoms with van der Waals surface area (Å²) in [6.45, 7) is 5.67. The van der Waals surface area contributed by atoms with E-state index in [0.29, 0.717) is 18.8 Å². The van der Waals surface area contributed by atoms with E-state index in [1.807, 2.05) is 17.0 Å². The number of amides is 1. The molecule has 1 aromatic heterocycles. The summed E-state index contributed by atoms with van der Waals surface area (Å²) in [6, 6.07) is 11.8. The van der Waals surface area contributed by atoms with Gasteiger partial charge < -0.3 is 19.5 Å². The lowest BCUT2D eigenvalue weighted by Crippen LogP contribution is -2.53. The zero-order chi connectivity index (χ0) is 17.6. The molecular weight excluding hydrogens is 316 g/mol. The van der Waals surface area contributed by atoms with Gasteiger partial charge in [0.05, 0.1) is 6.26 Å². The fourth-order valence-corrected chi connectivity index (χ4v) is 2.99. The SMILES string of the molecule is CN=C(NCc1ccccc1C)N1CCN(C(=O)c2ccco2)CC1. The summed E-state index contributed by atoms with van der Waals surface area (Å²) in [4.78, 5) is 20.7. The van der Waals surface area contributed by atoms with Gasteiger partial charge in [0.1, 0.15) is 0 Å². The van der Waals surface area contributed by atoms with E-state index in [-0.39, 0.29) is 5.91 Å². The minimum absolute atomic E-state index is 0.0486. The number of piperazine rings is 1. The number of nitrogens with zero attached hydrogens (tertiary/aromatic N) is 3. The first-order valence-corrected chi connectivity index (χ1v) is 8.52. The number of carbonyl (C=O) groups excluding carboxylic acids is 1. The van der Waals surface area contributed by atoms with Crippen LogP contribution in [0, 0.1) is 6.92 Å². The smallest absolute Gasteiger partial charge is 0.289 e. The average Bonchev–Trinajstić information content (AvgIpc) is 3.18. The zero-order valence-electron chi connectivity index (χ0n) is 14.7. The summed E-state index contributed by atoms with van der Waals surface area (Å²) in [5.74, 6) is 1.22. The van der Waals surface area contributed by atoms with Crippen LogP contribution >= 0.6 is 0 Å². The van der Waals surface area contributed by atoms with Gasteiger partial charge in [-0.1, -0.05) is 24.3 Å². The van der Waals surface area contributed by atoms with Gasteiger partial charge in [0.25, 0.3) is 5.91 Å². The third-order valence-electron chi connectivity index (χ3n) is 4.51. The molecule has 0 bridgehead atoms. The molecule has 2 heterocycles. The predicted molar refractivity (Wildman–Crippen MR) is 97.6 cm³/mol. The molecule has 3 rings (SSSR count). The lowest BCUT2D eigenvalue weighted by molar-refractivity contribution is 0.0657. The topological polar surface area (TPSA) is 61.1 Å². The number of aryl methyl sites for hydroxylation is 1. The Morgan fingerprint density at radius 3 is 2.48 bits per heavy atom. The molecule has 0 radical (unpaired) electrons. The number of benzene rings is 1. The number of hydrogen-bond donors (Lipinski definition) is 1. The number of carbonyl (C=O) groups is 1. The molecule has 1 aromatic carbocycles. The van der Waals surface area contributed by atoms with E-state index in [0.717, 1.165) is 25.6 Å².